The van der Waals surface area contributed by atoms with E-state index in [1.54, 1.807) is 0 Å². The van der Waals surface area contributed by atoms with Crippen molar-refractivity contribution in [2.24, 2.45) is 23.7 Å². The minimum atomic E-state index is -0.207. The van der Waals surface area contributed by atoms with E-state index in [9.17, 15) is 9.59 Å². The number of imide groups is 1. The predicted molar refractivity (Wildman–Crippen MR) is 124 cm³/mol. The fourth-order valence-corrected chi connectivity index (χ4v) is 5.79. The Kier molecular flexibility index (Phi) is 4.50. The van der Waals surface area contributed by atoms with Gasteiger partial charge in [0.05, 0.1) is 35.5 Å². The zero-order valence-electron chi connectivity index (χ0n) is 18.6. The molecule has 1 aliphatic heterocycles. The molecule has 2 fully saturated rings. The Morgan fingerprint density at radius 1 is 0.909 bits per heavy atom. The van der Waals surface area contributed by atoms with Crippen LogP contribution >= 0.6 is 0 Å². The van der Waals surface area contributed by atoms with Crippen molar-refractivity contribution in [3.63, 3.8) is 0 Å². The van der Waals surface area contributed by atoms with E-state index in [0.717, 1.165) is 29.2 Å². The Morgan fingerprint density at radius 3 is 2.27 bits per heavy atom. The number of amides is 2. The molecule has 33 heavy (non-hydrogen) atoms. The second kappa shape index (κ2) is 7.44. The monoisotopic (exact) mass is 439 g/mol. The van der Waals surface area contributed by atoms with Gasteiger partial charge in [0.1, 0.15) is 11.5 Å². The first kappa shape index (κ1) is 20.0. The summed E-state index contributed by atoms with van der Waals surface area (Å²) in [4.78, 5) is 28.0. The van der Waals surface area contributed by atoms with Crippen LogP contribution in [0.3, 0.4) is 0 Å². The van der Waals surface area contributed by atoms with Gasteiger partial charge in [0, 0.05) is 0 Å². The summed E-state index contributed by atoms with van der Waals surface area (Å²) in [5, 5.41) is 4.69. The van der Waals surface area contributed by atoms with Crippen LogP contribution in [0.2, 0.25) is 0 Å². The maximum absolute atomic E-state index is 13.3. The number of fused-ring (bicyclic) bond motifs is 5. The minimum absolute atomic E-state index is 0.0640. The Morgan fingerprint density at radius 2 is 1.58 bits per heavy atom. The Hall–Kier alpha value is -3.67. The molecule has 2 aromatic carbocycles. The van der Waals surface area contributed by atoms with Crippen LogP contribution in [0.1, 0.15) is 23.4 Å². The molecular weight excluding hydrogens is 414 g/mol. The van der Waals surface area contributed by atoms with Crippen LogP contribution in [-0.2, 0) is 16.1 Å². The lowest BCUT2D eigenvalue weighted by Gasteiger charge is -2.18. The molecule has 6 rings (SSSR count). The predicted octanol–water partition coefficient (Wildman–Crippen LogP) is 4.65. The van der Waals surface area contributed by atoms with Crippen molar-refractivity contribution in [3.05, 3.63) is 83.7 Å². The first-order valence-electron chi connectivity index (χ1n) is 11.4. The van der Waals surface area contributed by atoms with Gasteiger partial charge in [0.25, 0.3) is 0 Å². The molecule has 3 aliphatic rings. The summed E-state index contributed by atoms with van der Waals surface area (Å²) in [7, 11) is 0. The third-order valence-electron chi connectivity index (χ3n) is 7.25. The highest BCUT2D eigenvalue weighted by atomic mass is 16.5. The fraction of sp³-hybridized carbons (Fsp3) is 0.296. The molecule has 1 saturated carbocycles. The molecule has 6 nitrogen and oxygen atoms in total. The topological polar surface area (TPSA) is 64.4 Å². The molecular formula is C27H25N3O3. The lowest BCUT2D eigenvalue weighted by Crippen LogP contribution is -2.33. The largest absolute Gasteiger partial charge is 0.457 e. The van der Waals surface area contributed by atoms with Crippen molar-refractivity contribution in [2.45, 2.75) is 26.8 Å². The number of carbonyl (C=O) groups is 2. The van der Waals surface area contributed by atoms with E-state index in [1.807, 2.05) is 73.1 Å². The van der Waals surface area contributed by atoms with Crippen LogP contribution in [0, 0.1) is 37.5 Å². The number of aryl methyl sites for hydroxylation is 1. The molecule has 1 saturated heterocycles. The van der Waals surface area contributed by atoms with Crippen molar-refractivity contribution >= 4 is 17.5 Å². The van der Waals surface area contributed by atoms with Gasteiger partial charge in [-0.2, -0.15) is 5.10 Å². The Labute approximate surface area is 192 Å². The van der Waals surface area contributed by atoms with Gasteiger partial charge in [-0.25, -0.2) is 4.90 Å². The minimum Gasteiger partial charge on any atom is -0.457 e. The average molecular weight is 440 g/mol. The molecule has 0 spiro atoms. The van der Waals surface area contributed by atoms with E-state index < -0.39 is 0 Å². The van der Waals surface area contributed by atoms with Crippen LogP contribution in [0.15, 0.2) is 66.7 Å². The number of para-hydroxylation sites is 1. The molecule has 0 unspecified atom stereocenters. The van der Waals surface area contributed by atoms with E-state index in [4.69, 9.17) is 9.84 Å². The lowest BCUT2D eigenvalue weighted by atomic mass is 9.85. The van der Waals surface area contributed by atoms with E-state index in [-0.39, 0.29) is 35.5 Å². The highest BCUT2D eigenvalue weighted by Crippen LogP contribution is 2.53. The van der Waals surface area contributed by atoms with Gasteiger partial charge in [-0.3, -0.25) is 14.3 Å². The molecule has 3 aromatic rings. The molecule has 2 amide bonds. The van der Waals surface area contributed by atoms with Crippen LogP contribution in [0.5, 0.6) is 11.5 Å². The molecule has 2 heterocycles. The van der Waals surface area contributed by atoms with E-state index in [0.29, 0.717) is 17.9 Å². The van der Waals surface area contributed by atoms with Crippen molar-refractivity contribution in [2.75, 3.05) is 4.90 Å². The van der Waals surface area contributed by atoms with E-state index in [1.165, 1.54) is 4.90 Å². The number of hydrogen-bond acceptors (Lipinski definition) is 4. The number of aromatic nitrogens is 2. The molecule has 4 atom stereocenters. The molecule has 0 N–H and O–H groups in total. The first-order chi connectivity index (χ1) is 16.0. The maximum atomic E-state index is 13.3. The smallest absolute Gasteiger partial charge is 0.238 e. The Bertz CT molecular complexity index is 1260. The second-order valence-corrected chi connectivity index (χ2v) is 9.25. The summed E-state index contributed by atoms with van der Waals surface area (Å²) in [5.74, 6) is 1.39. The van der Waals surface area contributed by atoms with Crippen LogP contribution in [-0.4, -0.2) is 21.6 Å². The lowest BCUT2D eigenvalue weighted by molar-refractivity contribution is -0.123. The molecule has 166 valence electrons. The van der Waals surface area contributed by atoms with Gasteiger partial charge in [0.15, 0.2) is 0 Å². The summed E-state index contributed by atoms with van der Waals surface area (Å²) in [6.45, 7) is 4.32. The number of nitrogens with zero attached hydrogens (tertiary/aromatic N) is 3. The number of hydrogen-bond donors (Lipinski definition) is 0. The summed E-state index contributed by atoms with van der Waals surface area (Å²) >= 11 is 0. The van der Waals surface area contributed by atoms with Crippen LogP contribution in [0.25, 0.3) is 0 Å². The number of ether oxygens (including phenoxy) is 1. The maximum Gasteiger partial charge on any atom is 0.238 e. The highest BCUT2D eigenvalue weighted by Gasteiger charge is 2.60. The third kappa shape index (κ3) is 3.12. The number of benzene rings is 2. The molecule has 1 aromatic heterocycles. The van der Waals surface area contributed by atoms with Gasteiger partial charge < -0.3 is 4.74 Å². The van der Waals surface area contributed by atoms with Crippen molar-refractivity contribution in [1.82, 2.24) is 9.78 Å². The SMILES string of the molecule is Cc1nn(Cc2cccc(Oc3ccccc3)c2)c(C)c1N1C(=O)[C@H]2[C@H](C1=O)[C@H]1C=C[C@H]2C1. The summed E-state index contributed by atoms with van der Waals surface area (Å²) in [6.07, 6.45) is 5.17. The van der Waals surface area contributed by atoms with Gasteiger partial charge >= 0.3 is 0 Å². The van der Waals surface area contributed by atoms with Gasteiger partial charge in [-0.1, -0.05) is 42.5 Å². The van der Waals surface area contributed by atoms with Gasteiger partial charge in [-0.15, -0.1) is 0 Å². The second-order valence-electron chi connectivity index (χ2n) is 9.25. The number of carbonyl (C=O) groups excluding carboxylic acids is 2. The molecule has 6 heteroatoms. The van der Waals surface area contributed by atoms with Gasteiger partial charge in [0.2, 0.25) is 11.8 Å². The van der Waals surface area contributed by atoms with Crippen LogP contribution < -0.4 is 9.64 Å². The number of anilines is 1. The molecule has 2 bridgehead atoms. The van der Waals surface area contributed by atoms with E-state index >= 15 is 0 Å². The standard InChI is InChI=1S/C27H25N3O3/c1-16-25(30-26(31)23-19-11-12-20(14-19)24(23)27(30)32)17(2)29(28-16)15-18-7-6-10-22(13-18)33-21-8-4-3-5-9-21/h3-13,19-20,23-24H,14-15H2,1-2H3/t19-,20-,23+,24+/m0/s1. The number of rotatable bonds is 5. The fourth-order valence-electron chi connectivity index (χ4n) is 5.79. The number of allylic oxidation sites excluding steroid dienone is 2. The van der Waals surface area contributed by atoms with Gasteiger partial charge in [-0.05, 0) is 61.9 Å². The van der Waals surface area contributed by atoms with Crippen LogP contribution in [0.4, 0.5) is 5.69 Å². The van der Waals surface area contributed by atoms with Crippen molar-refractivity contribution in [1.29, 1.82) is 0 Å². The zero-order valence-corrected chi connectivity index (χ0v) is 18.6. The highest BCUT2D eigenvalue weighted by molar-refractivity contribution is 6.23. The summed E-state index contributed by atoms with van der Waals surface area (Å²) in [5.41, 5.74) is 3.20. The van der Waals surface area contributed by atoms with Crippen molar-refractivity contribution in [3.8, 4) is 11.5 Å². The third-order valence-corrected chi connectivity index (χ3v) is 7.25. The molecule has 0 radical (unpaired) electrons. The normalized spacial score (nSPS) is 25.2. The zero-order chi connectivity index (χ0) is 22.7. The summed E-state index contributed by atoms with van der Waals surface area (Å²) < 4.78 is 7.83. The quantitative estimate of drug-likeness (QED) is 0.429. The van der Waals surface area contributed by atoms with E-state index in [2.05, 4.69) is 12.2 Å². The van der Waals surface area contributed by atoms with Crippen molar-refractivity contribution < 1.29 is 14.3 Å². The summed E-state index contributed by atoms with van der Waals surface area (Å²) in [6, 6.07) is 17.6. The average Bonchev–Trinajstić information content (AvgIpc) is 3.54. The Balaban J connectivity index is 1.27. The first-order valence-corrected chi connectivity index (χ1v) is 11.4. The molecule has 2 aliphatic carbocycles.